The number of nitrogens with one attached hydrogen (secondary N) is 2. The average molecular weight is 444 g/mol. The van der Waals surface area contributed by atoms with Gasteiger partial charge in [-0.05, 0) is 61.9 Å². The lowest BCUT2D eigenvalue weighted by molar-refractivity contribution is 0.0956. The smallest absolute Gasteiger partial charge is 0.256 e. The molecule has 0 radical (unpaired) electrons. The van der Waals surface area contributed by atoms with Crippen LogP contribution in [-0.4, -0.2) is 43.1 Å². The van der Waals surface area contributed by atoms with Crippen molar-refractivity contribution in [2.24, 2.45) is 0 Å². The fourth-order valence-electron chi connectivity index (χ4n) is 2.74. The monoisotopic (exact) mass is 443 g/mol. The third-order valence-electron chi connectivity index (χ3n) is 4.11. The standard InChI is InChI=1S/C22H25N3O3S2/c1-25(2)14-18-8-9-19(28-18)15-29-12-10-23-21(26)16-5-3-6-17(13-16)22(27)24-20-7-4-11-30-20/h3-9,11,13H,10,12,14-15H2,1-2H3,(H,23,26)(H,24,27). The van der Waals surface area contributed by atoms with Gasteiger partial charge in [-0.2, -0.15) is 11.8 Å². The highest BCUT2D eigenvalue weighted by Crippen LogP contribution is 2.17. The van der Waals surface area contributed by atoms with Gasteiger partial charge >= 0.3 is 0 Å². The normalized spacial score (nSPS) is 10.9. The number of amides is 2. The van der Waals surface area contributed by atoms with Crippen molar-refractivity contribution in [3.63, 3.8) is 0 Å². The number of carbonyl (C=O) groups excluding carboxylic acids is 2. The highest BCUT2D eigenvalue weighted by Gasteiger charge is 2.11. The molecule has 0 aliphatic rings. The third kappa shape index (κ3) is 6.76. The molecular formula is C22H25N3O3S2. The summed E-state index contributed by atoms with van der Waals surface area (Å²) in [6.45, 7) is 1.32. The first-order valence-electron chi connectivity index (χ1n) is 9.54. The van der Waals surface area contributed by atoms with Crippen LogP contribution in [0.15, 0.2) is 58.3 Å². The predicted molar refractivity (Wildman–Crippen MR) is 123 cm³/mol. The van der Waals surface area contributed by atoms with Crippen LogP contribution in [0.4, 0.5) is 5.00 Å². The first kappa shape index (κ1) is 22.1. The highest BCUT2D eigenvalue weighted by molar-refractivity contribution is 7.98. The summed E-state index contributed by atoms with van der Waals surface area (Å²) in [5.74, 6) is 3.01. The van der Waals surface area contributed by atoms with E-state index in [1.807, 2.05) is 43.7 Å². The van der Waals surface area contributed by atoms with Crippen molar-refractivity contribution in [3.05, 3.63) is 76.6 Å². The minimum absolute atomic E-state index is 0.187. The second kappa shape index (κ2) is 11.0. The molecule has 0 saturated carbocycles. The van der Waals surface area contributed by atoms with Crippen molar-refractivity contribution in [3.8, 4) is 0 Å². The first-order chi connectivity index (χ1) is 14.5. The van der Waals surface area contributed by atoms with Gasteiger partial charge in [0.2, 0.25) is 0 Å². The highest BCUT2D eigenvalue weighted by atomic mass is 32.2. The van der Waals surface area contributed by atoms with Gasteiger partial charge < -0.3 is 20.0 Å². The largest absolute Gasteiger partial charge is 0.464 e. The molecule has 30 heavy (non-hydrogen) atoms. The number of rotatable bonds is 10. The van der Waals surface area contributed by atoms with Gasteiger partial charge in [0.1, 0.15) is 11.5 Å². The summed E-state index contributed by atoms with van der Waals surface area (Å²) in [5, 5.41) is 8.40. The maximum absolute atomic E-state index is 12.4. The number of benzene rings is 1. The summed E-state index contributed by atoms with van der Waals surface area (Å²) in [4.78, 5) is 26.8. The number of anilines is 1. The van der Waals surface area contributed by atoms with Crippen molar-refractivity contribution >= 4 is 39.9 Å². The molecule has 158 valence electrons. The van der Waals surface area contributed by atoms with Gasteiger partial charge in [-0.15, -0.1) is 11.3 Å². The molecule has 2 aromatic heterocycles. The minimum Gasteiger partial charge on any atom is -0.464 e. The average Bonchev–Trinajstić information content (AvgIpc) is 3.39. The zero-order chi connectivity index (χ0) is 21.3. The molecule has 0 spiro atoms. The van der Waals surface area contributed by atoms with E-state index in [0.717, 1.165) is 34.6 Å². The van der Waals surface area contributed by atoms with E-state index in [1.165, 1.54) is 11.3 Å². The van der Waals surface area contributed by atoms with Gasteiger partial charge in [-0.1, -0.05) is 6.07 Å². The van der Waals surface area contributed by atoms with Crippen molar-refractivity contribution in [1.82, 2.24) is 10.2 Å². The lowest BCUT2D eigenvalue weighted by atomic mass is 10.1. The van der Waals surface area contributed by atoms with Crippen LogP contribution in [0.5, 0.6) is 0 Å². The Labute approximate surface area is 184 Å². The molecule has 2 N–H and O–H groups in total. The Morgan fingerprint density at radius 1 is 1.03 bits per heavy atom. The Hall–Kier alpha value is -2.55. The number of thioether (sulfide) groups is 1. The number of hydrogen-bond donors (Lipinski definition) is 2. The lowest BCUT2D eigenvalue weighted by Gasteiger charge is -2.07. The van der Waals surface area contributed by atoms with Crippen LogP contribution in [0.3, 0.4) is 0 Å². The van der Waals surface area contributed by atoms with E-state index >= 15 is 0 Å². The molecule has 0 aliphatic carbocycles. The molecule has 0 bridgehead atoms. The zero-order valence-corrected chi connectivity index (χ0v) is 18.6. The summed E-state index contributed by atoms with van der Waals surface area (Å²) in [7, 11) is 4.01. The van der Waals surface area contributed by atoms with Crippen LogP contribution in [0.1, 0.15) is 32.2 Å². The first-order valence-corrected chi connectivity index (χ1v) is 11.6. The van der Waals surface area contributed by atoms with Gasteiger partial charge in [0, 0.05) is 23.4 Å². The molecule has 2 amide bonds. The van der Waals surface area contributed by atoms with E-state index in [-0.39, 0.29) is 11.8 Å². The van der Waals surface area contributed by atoms with Crippen molar-refractivity contribution in [1.29, 1.82) is 0 Å². The van der Waals surface area contributed by atoms with E-state index in [1.54, 1.807) is 36.0 Å². The zero-order valence-electron chi connectivity index (χ0n) is 17.0. The van der Waals surface area contributed by atoms with Gasteiger partial charge in [-0.25, -0.2) is 0 Å². The van der Waals surface area contributed by atoms with E-state index in [9.17, 15) is 9.59 Å². The summed E-state index contributed by atoms with van der Waals surface area (Å²) in [6.07, 6.45) is 0. The van der Waals surface area contributed by atoms with Crippen LogP contribution in [0.25, 0.3) is 0 Å². The fraction of sp³-hybridized carbons (Fsp3) is 0.273. The number of hydrogen-bond acceptors (Lipinski definition) is 6. The molecule has 0 atom stereocenters. The topological polar surface area (TPSA) is 74.6 Å². The molecule has 3 rings (SSSR count). The molecular weight excluding hydrogens is 418 g/mol. The summed E-state index contributed by atoms with van der Waals surface area (Å²) >= 11 is 3.15. The fourth-order valence-corrected chi connectivity index (χ4v) is 4.10. The molecule has 0 saturated heterocycles. The molecule has 6 nitrogen and oxygen atoms in total. The Bertz CT molecular complexity index is 968. The maximum Gasteiger partial charge on any atom is 0.256 e. The minimum atomic E-state index is -0.227. The second-order valence-electron chi connectivity index (χ2n) is 6.93. The summed E-state index contributed by atoms with van der Waals surface area (Å²) in [5.41, 5.74) is 0.926. The van der Waals surface area contributed by atoms with Crippen molar-refractivity contribution < 1.29 is 14.0 Å². The van der Waals surface area contributed by atoms with E-state index < -0.39 is 0 Å². The van der Waals surface area contributed by atoms with Crippen LogP contribution in [0.2, 0.25) is 0 Å². The van der Waals surface area contributed by atoms with Crippen LogP contribution in [-0.2, 0) is 12.3 Å². The van der Waals surface area contributed by atoms with Gasteiger partial charge in [0.15, 0.2) is 0 Å². The molecule has 2 heterocycles. The Balaban J connectivity index is 1.41. The SMILES string of the molecule is CN(C)Cc1ccc(CSCCNC(=O)c2cccc(C(=O)Nc3cccs3)c2)o1. The Morgan fingerprint density at radius 3 is 2.53 bits per heavy atom. The molecule has 3 aromatic rings. The summed E-state index contributed by atoms with van der Waals surface area (Å²) in [6, 6.07) is 14.4. The van der Waals surface area contributed by atoms with Crippen molar-refractivity contribution in [2.75, 3.05) is 31.7 Å². The van der Waals surface area contributed by atoms with Gasteiger partial charge in [0.25, 0.3) is 11.8 Å². The Kier molecular flexibility index (Phi) is 8.12. The lowest BCUT2D eigenvalue weighted by Crippen LogP contribution is -2.26. The van der Waals surface area contributed by atoms with Gasteiger partial charge in [0.05, 0.1) is 17.3 Å². The predicted octanol–water partition coefficient (Wildman–Crippen LogP) is 4.32. The second-order valence-corrected chi connectivity index (χ2v) is 8.98. The summed E-state index contributed by atoms with van der Waals surface area (Å²) < 4.78 is 5.78. The number of nitrogens with zero attached hydrogens (tertiary/aromatic N) is 1. The maximum atomic E-state index is 12.4. The van der Waals surface area contributed by atoms with Crippen LogP contribution < -0.4 is 10.6 Å². The van der Waals surface area contributed by atoms with Crippen molar-refractivity contribution in [2.45, 2.75) is 12.3 Å². The molecule has 1 aromatic carbocycles. The number of furan rings is 1. The number of thiophene rings is 1. The van der Waals surface area contributed by atoms with E-state index in [2.05, 4.69) is 15.5 Å². The van der Waals surface area contributed by atoms with E-state index in [0.29, 0.717) is 17.7 Å². The Morgan fingerprint density at radius 2 is 1.80 bits per heavy atom. The van der Waals surface area contributed by atoms with Crippen LogP contribution >= 0.6 is 23.1 Å². The third-order valence-corrected chi connectivity index (χ3v) is 5.88. The quantitative estimate of drug-likeness (QED) is 0.457. The molecule has 8 heteroatoms. The van der Waals surface area contributed by atoms with E-state index in [4.69, 9.17) is 4.42 Å². The van der Waals surface area contributed by atoms with Gasteiger partial charge in [-0.3, -0.25) is 9.59 Å². The molecule has 0 fully saturated rings. The number of carbonyl (C=O) groups is 2. The molecule has 0 aliphatic heterocycles. The molecule has 0 unspecified atom stereocenters. The van der Waals surface area contributed by atoms with Crippen LogP contribution in [0, 0.1) is 0 Å².